The summed E-state index contributed by atoms with van der Waals surface area (Å²) in [6.07, 6.45) is 3.43. The van der Waals surface area contributed by atoms with Crippen molar-refractivity contribution < 1.29 is 4.79 Å². The molecule has 0 bridgehead atoms. The van der Waals surface area contributed by atoms with Crippen LogP contribution in [0.2, 0.25) is 0 Å². The first-order chi connectivity index (χ1) is 12.4. The highest BCUT2D eigenvalue weighted by atomic mass is 16.1. The van der Waals surface area contributed by atoms with Crippen LogP contribution in [0.1, 0.15) is 36.8 Å². The van der Waals surface area contributed by atoms with Gasteiger partial charge >= 0.3 is 0 Å². The average molecular weight is 345 g/mol. The number of aromatic nitrogens is 4. The van der Waals surface area contributed by atoms with E-state index in [0.717, 1.165) is 10.0 Å². The van der Waals surface area contributed by atoms with Crippen molar-refractivity contribution in [2.75, 3.05) is 0 Å². The molecule has 26 heavy (non-hydrogen) atoms. The molecule has 0 aliphatic heterocycles. The van der Waals surface area contributed by atoms with Crippen LogP contribution in [0.5, 0.6) is 0 Å². The number of nitrogens with one attached hydrogen (secondary N) is 1. The van der Waals surface area contributed by atoms with E-state index in [1.54, 1.807) is 49.2 Å². The fourth-order valence-corrected chi connectivity index (χ4v) is 2.66. The number of benzene rings is 1. The van der Waals surface area contributed by atoms with Gasteiger partial charge in [-0.2, -0.15) is 5.10 Å². The van der Waals surface area contributed by atoms with E-state index < -0.39 is 11.6 Å². The number of carbonyl (C=O) groups excluding carboxylic acids is 1. The predicted molar refractivity (Wildman–Crippen MR) is 98.6 cm³/mol. The van der Waals surface area contributed by atoms with Gasteiger partial charge in [0.15, 0.2) is 0 Å². The molecule has 128 valence electrons. The predicted octanol–water partition coefficient (Wildman–Crippen LogP) is 0.658. The molecule has 8 heteroatoms. The minimum absolute atomic E-state index is 0.233. The quantitative estimate of drug-likeness (QED) is 0.546. The molecule has 0 saturated heterocycles. The summed E-state index contributed by atoms with van der Waals surface area (Å²) in [6.45, 7) is 3.10. The summed E-state index contributed by atoms with van der Waals surface area (Å²) in [5, 5.41) is 7.07. The van der Waals surface area contributed by atoms with E-state index in [9.17, 15) is 9.59 Å². The number of hydrogen-bond donors (Lipinski definition) is 1. The van der Waals surface area contributed by atoms with E-state index in [4.69, 9.17) is 7.98 Å². The van der Waals surface area contributed by atoms with E-state index >= 15 is 0 Å². The lowest BCUT2D eigenvalue weighted by atomic mass is 10.1. The zero-order valence-electron chi connectivity index (χ0n) is 14.6. The van der Waals surface area contributed by atoms with Crippen LogP contribution in [0.4, 0.5) is 0 Å². The first kappa shape index (κ1) is 17.5. The maximum absolute atomic E-state index is 12.8. The second-order valence-electron chi connectivity index (χ2n) is 5.92. The van der Waals surface area contributed by atoms with E-state index in [-0.39, 0.29) is 11.7 Å². The van der Waals surface area contributed by atoms with Gasteiger partial charge in [-0.3, -0.25) is 14.3 Å². The van der Waals surface area contributed by atoms with Crippen molar-refractivity contribution in [3.8, 4) is 11.8 Å². The molecule has 0 aliphatic rings. The van der Waals surface area contributed by atoms with Crippen LogP contribution in [0.3, 0.4) is 0 Å². The third-order valence-electron chi connectivity index (χ3n) is 3.81. The molecule has 7 nitrogen and oxygen atoms in total. The molecule has 0 unspecified atom stereocenters. The number of carbonyl (C=O) groups is 1. The number of nitrogens with zero attached hydrogens (tertiary/aromatic N) is 4. The second-order valence-corrected chi connectivity index (χ2v) is 5.92. The van der Waals surface area contributed by atoms with E-state index in [0.29, 0.717) is 16.5 Å². The maximum Gasteiger partial charge on any atom is 0.249 e. The lowest BCUT2D eigenvalue weighted by molar-refractivity contribution is -0.119. The largest absolute Gasteiger partial charge is 0.352 e. The van der Waals surface area contributed by atoms with Gasteiger partial charge in [0, 0.05) is 25.7 Å². The van der Waals surface area contributed by atoms with E-state index in [1.165, 1.54) is 6.92 Å². The Balaban J connectivity index is 2.14. The van der Waals surface area contributed by atoms with Gasteiger partial charge in [-0.05, 0) is 19.1 Å². The maximum atomic E-state index is 12.8. The zero-order valence-corrected chi connectivity index (χ0v) is 14.6. The highest BCUT2D eigenvalue weighted by Gasteiger charge is 2.16. The Morgan fingerprint density at radius 2 is 2.12 bits per heavy atom. The number of fused-ring (bicyclic) bond motifs is 1. The van der Waals surface area contributed by atoms with Gasteiger partial charge in [-0.25, -0.2) is 4.98 Å². The molecule has 0 fully saturated rings. The van der Waals surface area contributed by atoms with Crippen molar-refractivity contribution in [3.63, 3.8) is 0 Å². The third kappa shape index (κ3) is 3.37. The first-order valence-corrected chi connectivity index (χ1v) is 7.95. The number of amides is 1. The van der Waals surface area contributed by atoms with Gasteiger partial charge < -0.3 is 9.79 Å². The Bertz CT molecular complexity index is 1120. The normalized spacial score (nSPS) is 11.7. The standard InChI is InChI=1S/C18H16BN5O2/c1-11(21-12(2)25)17-22-15-6-4-5-14(16(15)18(26)24(17)19)8-7-13-9-20-23(3)10-13/h4-6,9-11H,1-3H3,(H,21,25)/t11-/m0/s1. The number of aryl methyl sites for hydroxylation is 1. The molecule has 3 aromatic rings. The third-order valence-corrected chi connectivity index (χ3v) is 3.81. The molecule has 0 spiro atoms. The number of rotatable bonds is 2. The Morgan fingerprint density at radius 3 is 2.77 bits per heavy atom. The molecule has 1 aromatic carbocycles. The summed E-state index contributed by atoms with van der Waals surface area (Å²) < 4.78 is 2.61. The van der Waals surface area contributed by atoms with Crippen LogP contribution in [-0.4, -0.2) is 33.1 Å². The smallest absolute Gasteiger partial charge is 0.249 e. The molecule has 0 aliphatic carbocycles. The van der Waals surface area contributed by atoms with Crippen molar-refractivity contribution >= 4 is 24.8 Å². The van der Waals surface area contributed by atoms with Crippen molar-refractivity contribution in [1.82, 2.24) is 24.6 Å². The minimum atomic E-state index is -0.500. The summed E-state index contributed by atoms with van der Waals surface area (Å²) in [6, 6.07) is 4.73. The summed E-state index contributed by atoms with van der Waals surface area (Å²) in [5.74, 6) is 6.00. The van der Waals surface area contributed by atoms with Crippen LogP contribution < -0.4 is 10.9 Å². The Morgan fingerprint density at radius 1 is 1.35 bits per heavy atom. The fourth-order valence-electron chi connectivity index (χ4n) is 2.66. The molecule has 1 N–H and O–H groups in total. The molecule has 2 radical (unpaired) electrons. The van der Waals surface area contributed by atoms with Crippen LogP contribution in [0.15, 0.2) is 35.4 Å². The van der Waals surface area contributed by atoms with E-state index in [1.807, 2.05) is 0 Å². The second kappa shape index (κ2) is 6.88. The number of hydrogen-bond acceptors (Lipinski definition) is 4. The molecule has 1 amide bonds. The van der Waals surface area contributed by atoms with Crippen molar-refractivity contribution in [1.29, 1.82) is 0 Å². The van der Waals surface area contributed by atoms with Crippen LogP contribution in [0.25, 0.3) is 10.9 Å². The van der Waals surface area contributed by atoms with E-state index in [2.05, 4.69) is 27.2 Å². The van der Waals surface area contributed by atoms with Gasteiger partial charge in [0.25, 0.3) is 0 Å². The topological polar surface area (TPSA) is 81.8 Å². The van der Waals surface area contributed by atoms with Crippen LogP contribution in [0, 0.1) is 11.8 Å². The average Bonchev–Trinajstić information content (AvgIpc) is 3.00. The monoisotopic (exact) mass is 345 g/mol. The molecular formula is C18H16BN5O2. The Hall–Kier alpha value is -3.34. The molecule has 3 rings (SSSR count). The minimum Gasteiger partial charge on any atom is -0.352 e. The van der Waals surface area contributed by atoms with Gasteiger partial charge in [0.05, 0.1) is 28.7 Å². The van der Waals surface area contributed by atoms with Crippen molar-refractivity contribution in [3.05, 3.63) is 57.9 Å². The molecular weight excluding hydrogens is 329 g/mol. The Kier molecular flexibility index (Phi) is 4.63. The van der Waals surface area contributed by atoms with Gasteiger partial charge in [-0.1, -0.05) is 17.9 Å². The van der Waals surface area contributed by atoms with Gasteiger partial charge in [0.1, 0.15) is 5.82 Å². The van der Waals surface area contributed by atoms with Gasteiger partial charge in [-0.15, -0.1) is 0 Å². The summed E-state index contributed by atoms with van der Waals surface area (Å²) in [7, 11) is 7.74. The highest BCUT2D eigenvalue weighted by Crippen LogP contribution is 2.16. The first-order valence-electron chi connectivity index (χ1n) is 7.95. The molecule has 1 atom stereocenters. The summed E-state index contributed by atoms with van der Waals surface area (Å²) in [5.41, 5.74) is 1.32. The SMILES string of the molecule is [B]n1c([C@H](C)NC(C)=O)nc2cccc(C#Cc3cnn(C)c3)c2c1=O. The van der Waals surface area contributed by atoms with Crippen LogP contribution in [-0.2, 0) is 11.8 Å². The summed E-state index contributed by atoms with van der Waals surface area (Å²) >= 11 is 0. The molecule has 2 aromatic heterocycles. The lowest BCUT2D eigenvalue weighted by Crippen LogP contribution is -2.32. The Labute approximate surface area is 151 Å². The zero-order chi connectivity index (χ0) is 18.8. The van der Waals surface area contributed by atoms with Gasteiger partial charge in [0.2, 0.25) is 19.4 Å². The lowest BCUT2D eigenvalue weighted by Gasteiger charge is -2.17. The van der Waals surface area contributed by atoms with Crippen LogP contribution >= 0.6 is 0 Å². The highest BCUT2D eigenvalue weighted by molar-refractivity contribution is 6.07. The van der Waals surface area contributed by atoms with Crippen molar-refractivity contribution in [2.45, 2.75) is 19.9 Å². The van der Waals surface area contributed by atoms with Crippen molar-refractivity contribution in [2.24, 2.45) is 7.05 Å². The fraction of sp³-hybridized carbons (Fsp3) is 0.222. The molecule has 0 saturated carbocycles. The molecule has 2 heterocycles. The summed E-state index contributed by atoms with van der Waals surface area (Å²) in [4.78, 5) is 28.5.